The summed E-state index contributed by atoms with van der Waals surface area (Å²) in [6.45, 7) is 2.45. The molecule has 1 heterocycles. The van der Waals surface area contributed by atoms with E-state index >= 15 is 0 Å². The van der Waals surface area contributed by atoms with Crippen molar-refractivity contribution in [1.82, 2.24) is 9.88 Å². The third kappa shape index (κ3) is 3.82. The summed E-state index contributed by atoms with van der Waals surface area (Å²) >= 11 is 0. The first kappa shape index (κ1) is 14.1. The van der Waals surface area contributed by atoms with Gasteiger partial charge in [0.05, 0.1) is 6.42 Å². The minimum absolute atomic E-state index is 0.0253. The van der Waals surface area contributed by atoms with E-state index in [1.165, 1.54) is 16.2 Å². The Bertz CT molecular complexity index is 657. The molecule has 0 spiro atoms. The molecule has 0 bridgehead atoms. The molecule has 20 heavy (non-hydrogen) atoms. The molecule has 0 fully saturated rings. The first-order chi connectivity index (χ1) is 9.54. The van der Waals surface area contributed by atoms with E-state index in [0.29, 0.717) is 13.0 Å². The number of carbonyl (C=O) groups excluding carboxylic acids is 1. The fourth-order valence-corrected chi connectivity index (χ4v) is 1.91. The van der Waals surface area contributed by atoms with Gasteiger partial charge in [-0.05, 0) is 18.1 Å². The van der Waals surface area contributed by atoms with Crippen molar-refractivity contribution in [2.75, 3.05) is 0 Å². The topological polar surface area (TPSA) is 51.1 Å². The van der Waals surface area contributed by atoms with Gasteiger partial charge < -0.3 is 9.88 Å². The molecular formula is C16H18N2O2. The molecule has 4 heteroatoms. The zero-order chi connectivity index (χ0) is 14.5. The maximum absolute atomic E-state index is 11.8. The quantitative estimate of drug-likeness (QED) is 0.916. The number of pyridine rings is 1. The normalized spacial score (nSPS) is 10.3. The Kier molecular flexibility index (Phi) is 4.35. The summed E-state index contributed by atoms with van der Waals surface area (Å²) in [6.07, 6.45) is 2.10. The first-order valence-corrected chi connectivity index (χ1v) is 6.52. The van der Waals surface area contributed by atoms with E-state index in [0.717, 1.165) is 11.1 Å². The Morgan fingerprint density at radius 1 is 1.10 bits per heavy atom. The van der Waals surface area contributed by atoms with Gasteiger partial charge in [0.1, 0.15) is 0 Å². The zero-order valence-electron chi connectivity index (χ0n) is 11.7. The molecule has 0 aliphatic heterocycles. The predicted molar refractivity (Wildman–Crippen MR) is 78.4 cm³/mol. The van der Waals surface area contributed by atoms with Crippen LogP contribution in [-0.4, -0.2) is 10.5 Å². The third-order valence-corrected chi connectivity index (χ3v) is 3.12. The summed E-state index contributed by atoms with van der Waals surface area (Å²) in [5.41, 5.74) is 3.03. The van der Waals surface area contributed by atoms with Crippen LogP contribution in [0.3, 0.4) is 0 Å². The molecule has 4 nitrogen and oxygen atoms in total. The Labute approximate surface area is 118 Å². The molecule has 0 saturated carbocycles. The number of aryl methyl sites for hydroxylation is 2. The van der Waals surface area contributed by atoms with Crippen molar-refractivity contribution >= 4 is 5.91 Å². The van der Waals surface area contributed by atoms with Gasteiger partial charge in [0.25, 0.3) is 0 Å². The summed E-state index contributed by atoms with van der Waals surface area (Å²) in [5.74, 6) is -0.0253. The molecule has 104 valence electrons. The molecule has 0 atom stereocenters. The van der Waals surface area contributed by atoms with Crippen molar-refractivity contribution in [2.24, 2.45) is 7.05 Å². The second-order valence-electron chi connectivity index (χ2n) is 4.93. The van der Waals surface area contributed by atoms with Crippen LogP contribution in [0.25, 0.3) is 0 Å². The third-order valence-electron chi connectivity index (χ3n) is 3.12. The fourth-order valence-electron chi connectivity index (χ4n) is 1.91. The lowest BCUT2D eigenvalue weighted by atomic mass is 10.1. The van der Waals surface area contributed by atoms with E-state index in [9.17, 15) is 9.59 Å². The van der Waals surface area contributed by atoms with Crippen LogP contribution in [0.2, 0.25) is 0 Å². The number of benzene rings is 1. The van der Waals surface area contributed by atoms with Crippen molar-refractivity contribution < 1.29 is 4.79 Å². The first-order valence-electron chi connectivity index (χ1n) is 6.52. The van der Waals surface area contributed by atoms with Gasteiger partial charge in [0, 0.05) is 25.9 Å². The van der Waals surface area contributed by atoms with Crippen LogP contribution in [0.1, 0.15) is 16.7 Å². The van der Waals surface area contributed by atoms with Crippen LogP contribution in [0.15, 0.2) is 47.4 Å². The summed E-state index contributed by atoms with van der Waals surface area (Å²) in [5, 5.41) is 2.85. The number of aromatic nitrogens is 1. The Hall–Kier alpha value is -2.36. The van der Waals surface area contributed by atoms with Crippen molar-refractivity contribution in [3.8, 4) is 0 Å². The van der Waals surface area contributed by atoms with Gasteiger partial charge in [-0.1, -0.05) is 35.9 Å². The van der Waals surface area contributed by atoms with E-state index in [1.54, 1.807) is 19.3 Å². The van der Waals surface area contributed by atoms with Gasteiger partial charge in [-0.15, -0.1) is 0 Å². The van der Waals surface area contributed by atoms with Gasteiger partial charge in [-0.3, -0.25) is 9.59 Å². The van der Waals surface area contributed by atoms with Gasteiger partial charge in [0.15, 0.2) is 0 Å². The monoisotopic (exact) mass is 270 g/mol. The summed E-state index contributed by atoms with van der Waals surface area (Å²) in [6, 6.07) is 11.1. The minimum atomic E-state index is -0.0558. The SMILES string of the molecule is Cc1ccc(CC(=O)NCc2ccc(=O)n(C)c2)cc1. The highest BCUT2D eigenvalue weighted by Gasteiger charge is 2.03. The molecule has 0 unspecified atom stereocenters. The fraction of sp³-hybridized carbons (Fsp3) is 0.250. The summed E-state index contributed by atoms with van der Waals surface area (Å²) < 4.78 is 1.50. The molecule has 1 aromatic heterocycles. The number of nitrogens with zero attached hydrogens (tertiary/aromatic N) is 1. The van der Waals surface area contributed by atoms with E-state index < -0.39 is 0 Å². The molecule has 0 aliphatic rings. The number of amides is 1. The maximum atomic E-state index is 11.8. The van der Waals surface area contributed by atoms with Crippen molar-refractivity contribution in [1.29, 1.82) is 0 Å². The van der Waals surface area contributed by atoms with Gasteiger partial charge in [-0.25, -0.2) is 0 Å². The smallest absolute Gasteiger partial charge is 0.250 e. The molecule has 1 N–H and O–H groups in total. The number of hydrogen-bond acceptors (Lipinski definition) is 2. The molecule has 1 aromatic carbocycles. The molecule has 0 saturated heterocycles. The molecule has 0 aliphatic carbocycles. The number of carbonyl (C=O) groups is 1. The number of hydrogen-bond donors (Lipinski definition) is 1. The van der Waals surface area contributed by atoms with Crippen LogP contribution < -0.4 is 10.9 Å². The number of rotatable bonds is 4. The summed E-state index contributed by atoms with van der Waals surface area (Å²) in [4.78, 5) is 23.1. The average Bonchev–Trinajstić information content (AvgIpc) is 2.43. The Morgan fingerprint density at radius 2 is 1.75 bits per heavy atom. The number of nitrogens with one attached hydrogen (secondary N) is 1. The van der Waals surface area contributed by atoms with Crippen LogP contribution >= 0.6 is 0 Å². The van der Waals surface area contributed by atoms with Crippen molar-refractivity contribution in [3.05, 3.63) is 69.6 Å². The highest BCUT2D eigenvalue weighted by atomic mass is 16.1. The lowest BCUT2D eigenvalue weighted by Crippen LogP contribution is -2.25. The standard InChI is InChI=1S/C16H18N2O2/c1-12-3-5-13(6-4-12)9-15(19)17-10-14-7-8-16(20)18(2)11-14/h3-8,11H,9-10H2,1-2H3,(H,17,19). The molecular weight excluding hydrogens is 252 g/mol. The molecule has 1 amide bonds. The minimum Gasteiger partial charge on any atom is -0.352 e. The van der Waals surface area contributed by atoms with Gasteiger partial charge >= 0.3 is 0 Å². The lowest BCUT2D eigenvalue weighted by Gasteiger charge is -2.07. The molecule has 0 radical (unpaired) electrons. The maximum Gasteiger partial charge on any atom is 0.250 e. The highest BCUT2D eigenvalue weighted by Crippen LogP contribution is 2.04. The lowest BCUT2D eigenvalue weighted by molar-refractivity contribution is -0.120. The zero-order valence-corrected chi connectivity index (χ0v) is 11.7. The highest BCUT2D eigenvalue weighted by molar-refractivity contribution is 5.78. The van der Waals surface area contributed by atoms with E-state index in [2.05, 4.69) is 5.32 Å². The predicted octanol–water partition coefficient (Wildman–Crippen LogP) is 1.55. The van der Waals surface area contributed by atoms with Gasteiger partial charge in [0.2, 0.25) is 11.5 Å². The summed E-state index contributed by atoms with van der Waals surface area (Å²) in [7, 11) is 1.69. The van der Waals surface area contributed by atoms with Crippen molar-refractivity contribution in [2.45, 2.75) is 19.9 Å². The van der Waals surface area contributed by atoms with Crippen LogP contribution in [-0.2, 0) is 24.8 Å². The van der Waals surface area contributed by atoms with E-state index in [4.69, 9.17) is 0 Å². The second kappa shape index (κ2) is 6.19. The van der Waals surface area contributed by atoms with Gasteiger partial charge in [-0.2, -0.15) is 0 Å². The van der Waals surface area contributed by atoms with Crippen LogP contribution in [0.5, 0.6) is 0 Å². The largest absolute Gasteiger partial charge is 0.352 e. The van der Waals surface area contributed by atoms with E-state index in [-0.39, 0.29) is 11.5 Å². The van der Waals surface area contributed by atoms with E-state index in [1.807, 2.05) is 31.2 Å². The van der Waals surface area contributed by atoms with Crippen molar-refractivity contribution in [3.63, 3.8) is 0 Å². The molecule has 2 rings (SSSR count). The molecule has 2 aromatic rings. The average molecular weight is 270 g/mol. The Morgan fingerprint density at radius 3 is 2.40 bits per heavy atom. The second-order valence-corrected chi connectivity index (χ2v) is 4.93. The Balaban J connectivity index is 1.90. The van der Waals surface area contributed by atoms with Crippen LogP contribution in [0, 0.1) is 6.92 Å². The van der Waals surface area contributed by atoms with Crippen LogP contribution in [0.4, 0.5) is 0 Å².